The van der Waals surface area contributed by atoms with Crippen molar-refractivity contribution < 1.29 is 0 Å². The monoisotopic (exact) mass is 362 g/mol. The van der Waals surface area contributed by atoms with Crippen molar-refractivity contribution in [3.8, 4) is 0 Å². The van der Waals surface area contributed by atoms with Crippen LogP contribution >= 0.6 is 15.9 Å². The first-order chi connectivity index (χ1) is 11.3. The van der Waals surface area contributed by atoms with Gasteiger partial charge in [0, 0.05) is 10.1 Å². The molecule has 0 unspecified atom stereocenters. The van der Waals surface area contributed by atoms with Gasteiger partial charge in [0.2, 0.25) is 0 Å². The van der Waals surface area contributed by atoms with Gasteiger partial charge >= 0.3 is 0 Å². The molecule has 0 saturated carbocycles. The third kappa shape index (κ3) is 3.62. The Morgan fingerprint density at radius 3 is 1.65 bits per heavy atom. The molecule has 0 atom stereocenters. The summed E-state index contributed by atoms with van der Waals surface area (Å²) < 4.78 is 1.12. The minimum atomic E-state index is 1.06. The van der Waals surface area contributed by atoms with Crippen LogP contribution in [0.5, 0.6) is 0 Å². The lowest BCUT2D eigenvalue weighted by molar-refractivity contribution is 1.14. The first-order valence-electron chi connectivity index (χ1n) is 7.89. The van der Waals surface area contributed by atoms with Crippen molar-refractivity contribution in [2.45, 2.75) is 13.3 Å². The van der Waals surface area contributed by atoms with Crippen molar-refractivity contribution in [1.29, 1.82) is 0 Å². The van der Waals surface area contributed by atoms with Crippen LogP contribution in [0, 0.1) is 0 Å². The molecule has 0 amide bonds. The topological polar surface area (TPSA) is 0 Å². The van der Waals surface area contributed by atoms with Crippen molar-refractivity contribution in [1.82, 2.24) is 0 Å². The molecular weight excluding hydrogens is 344 g/mol. The van der Waals surface area contributed by atoms with Gasteiger partial charge in [0.05, 0.1) is 0 Å². The first kappa shape index (κ1) is 15.8. The third-order valence-corrected chi connectivity index (χ3v) is 4.81. The highest BCUT2D eigenvalue weighted by atomic mass is 79.9. The minimum absolute atomic E-state index is 1.06. The Morgan fingerprint density at radius 2 is 1.13 bits per heavy atom. The number of rotatable bonds is 4. The summed E-state index contributed by atoms with van der Waals surface area (Å²) in [6, 6.07) is 29.8. The zero-order chi connectivity index (χ0) is 16.1. The maximum atomic E-state index is 3.84. The fraction of sp³-hybridized carbons (Fsp3) is 0.0909. The van der Waals surface area contributed by atoms with Gasteiger partial charge in [-0.2, -0.15) is 0 Å². The van der Waals surface area contributed by atoms with E-state index in [2.05, 4.69) is 102 Å². The van der Waals surface area contributed by atoms with Gasteiger partial charge in [-0.05, 0) is 44.6 Å². The molecule has 3 rings (SSSR count). The average Bonchev–Trinajstić information content (AvgIpc) is 2.64. The molecule has 0 aliphatic rings. The molecular formula is C22H19Br. The van der Waals surface area contributed by atoms with E-state index in [1.807, 2.05) is 6.07 Å². The molecule has 1 heteroatoms. The SMILES string of the molecule is CCc1ccc(/C(=C(\Br)c2ccccc2)c2ccccc2)cc1. The molecule has 23 heavy (non-hydrogen) atoms. The molecule has 0 spiro atoms. The van der Waals surface area contributed by atoms with Crippen LogP contribution in [-0.4, -0.2) is 0 Å². The van der Waals surface area contributed by atoms with Gasteiger partial charge in [-0.1, -0.05) is 91.9 Å². The van der Waals surface area contributed by atoms with E-state index in [1.54, 1.807) is 0 Å². The molecule has 0 aliphatic carbocycles. The van der Waals surface area contributed by atoms with E-state index in [0.29, 0.717) is 0 Å². The van der Waals surface area contributed by atoms with Crippen LogP contribution in [0.4, 0.5) is 0 Å². The van der Waals surface area contributed by atoms with E-state index in [9.17, 15) is 0 Å². The first-order valence-corrected chi connectivity index (χ1v) is 8.69. The van der Waals surface area contributed by atoms with Crippen LogP contribution < -0.4 is 0 Å². The minimum Gasteiger partial charge on any atom is -0.0622 e. The highest BCUT2D eigenvalue weighted by Crippen LogP contribution is 2.36. The van der Waals surface area contributed by atoms with Gasteiger partial charge in [0.25, 0.3) is 0 Å². The van der Waals surface area contributed by atoms with Crippen molar-refractivity contribution in [2.75, 3.05) is 0 Å². The summed E-state index contributed by atoms with van der Waals surface area (Å²) in [7, 11) is 0. The Kier molecular flexibility index (Phi) is 5.09. The smallest absolute Gasteiger partial charge is 0.0332 e. The van der Waals surface area contributed by atoms with Gasteiger partial charge < -0.3 is 0 Å². The summed E-state index contributed by atoms with van der Waals surface area (Å²) in [6.45, 7) is 2.18. The Hall–Kier alpha value is -2.12. The lowest BCUT2D eigenvalue weighted by atomic mass is 9.94. The molecule has 0 N–H and O–H groups in total. The van der Waals surface area contributed by atoms with Crippen molar-refractivity contribution in [3.05, 3.63) is 107 Å². The van der Waals surface area contributed by atoms with Crippen LogP contribution in [0.15, 0.2) is 84.9 Å². The zero-order valence-corrected chi connectivity index (χ0v) is 14.8. The Morgan fingerprint density at radius 1 is 0.652 bits per heavy atom. The van der Waals surface area contributed by atoms with Gasteiger partial charge in [0.1, 0.15) is 0 Å². The molecule has 0 heterocycles. The van der Waals surface area contributed by atoms with Crippen LogP contribution in [-0.2, 0) is 6.42 Å². The molecule has 114 valence electrons. The lowest BCUT2D eigenvalue weighted by Gasteiger charge is -2.13. The van der Waals surface area contributed by atoms with E-state index in [1.165, 1.54) is 27.8 Å². The van der Waals surface area contributed by atoms with E-state index in [-0.39, 0.29) is 0 Å². The molecule has 0 fully saturated rings. The zero-order valence-electron chi connectivity index (χ0n) is 13.2. The van der Waals surface area contributed by atoms with Crippen LogP contribution in [0.25, 0.3) is 10.1 Å². The maximum Gasteiger partial charge on any atom is 0.0332 e. The third-order valence-electron chi connectivity index (χ3n) is 3.96. The van der Waals surface area contributed by atoms with Crippen molar-refractivity contribution in [3.63, 3.8) is 0 Å². The number of benzene rings is 3. The van der Waals surface area contributed by atoms with Gasteiger partial charge in [-0.15, -0.1) is 0 Å². The van der Waals surface area contributed by atoms with Gasteiger partial charge in [-0.3, -0.25) is 0 Å². The van der Waals surface area contributed by atoms with Crippen molar-refractivity contribution >= 4 is 26.0 Å². The summed E-state index contributed by atoms with van der Waals surface area (Å²) in [6.07, 6.45) is 1.06. The molecule has 0 aliphatic heterocycles. The van der Waals surface area contributed by atoms with Gasteiger partial charge in [0.15, 0.2) is 0 Å². The molecule has 3 aromatic carbocycles. The second-order valence-electron chi connectivity index (χ2n) is 5.47. The normalized spacial score (nSPS) is 11.9. The van der Waals surface area contributed by atoms with E-state index >= 15 is 0 Å². The number of hydrogen-bond donors (Lipinski definition) is 0. The largest absolute Gasteiger partial charge is 0.0622 e. The van der Waals surface area contributed by atoms with E-state index in [0.717, 1.165) is 10.9 Å². The lowest BCUT2D eigenvalue weighted by Crippen LogP contribution is -1.92. The maximum absolute atomic E-state index is 3.84. The number of halogens is 1. The summed E-state index contributed by atoms with van der Waals surface area (Å²) in [5.74, 6) is 0. The predicted octanol–water partition coefficient (Wildman–Crippen LogP) is 6.56. The van der Waals surface area contributed by atoms with Crippen molar-refractivity contribution in [2.24, 2.45) is 0 Å². The summed E-state index contributed by atoms with van der Waals surface area (Å²) >= 11 is 3.84. The second kappa shape index (κ2) is 7.43. The molecule has 0 radical (unpaired) electrons. The fourth-order valence-corrected chi connectivity index (χ4v) is 3.38. The van der Waals surface area contributed by atoms with Crippen LogP contribution in [0.3, 0.4) is 0 Å². The van der Waals surface area contributed by atoms with Crippen LogP contribution in [0.2, 0.25) is 0 Å². The Balaban J connectivity index is 2.18. The second-order valence-corrected chi connectivity index (χ2v) is 6.26. The number of aryl methyl sites for hydroxylation is 1. The average molecular weight is 363 g/mol. The predicted molar refractivity (Wildman–Crippen MR) is 104 cm³/mol. The molecule has 0 bridgehead atoms. The molecule has 0 saturated heterocycles. The number of hydrogen-bond acceptors (Lipinski definition) is 0. The molecule has 3 aromatic rings. The molecule has 0 aromatic heterocycles. The summed E-state index contributed by atoms with van der Waals surface area (Å²) in [5.41, 5.74) is 6.21. The summed E-state index contributed by atoms with van der Waals surface area (Å²) in [4.78, 5) is 0. The summed E-state index contributed by atoms with van der Waals surface area (Å²) in [5, 5.41) is 0. The highest BCUT2D eigenvalue weighted by Gasteiger charge is 2.11. The highest BCUT2D eigenvalue weighted by molar-refractivity contribution is 9.15. The van der Waals surface area contributed by atoms with E-state index < -0.39 is 0 Å². The standard InChI is InChI=1S/C22H19Br/c1-2-17-13-15-19(16-14-17)21(18-9-5-3-6-10-18)22(23)20-11-7-4-8-12-20/h3-16H,2H2,1H3/b22-21-. The van der Waals surface area contributed by atoms with Crippen LogP contribution in [0.1, 0.15) is 29.2 Å². The van der Waals surface area contributed by atoms with E-state index in [4.69, 9.17) is 0 Å². The Labute approximate surface area is 146 Å². The Bertz CT molecular complexity index is 784. The van der Waals surface area contributed by atoms with Gasteiger partial charge in [-0.25, -0.2) is 0 Å². The molecule has 0 nitrogen and oxygen atoms in total. The quantitative estimate of drug-likeness (QED) is 0.461. The fourth-order valence-electron chi connectivity index (χ4n) is 2.66.